The van der Waals surface area contributed by atoms with Crippen LogP contribution >= 0.6 is 0 Å². The van der Waals surface area contributed by atoms with E-state index in [0.717, 1.165) is 0 Å². The summed E-state index contributed by atoms with van der Waals surface area (Å²) in [5, 5.41) is 0. The van der Waals surface area contributed by atoms with E-state index in [4.69, 9.17) is 0 Å². The fourth-order valence-corrected chi connectivity index (χ4v) is 3.73. The zero-order chi connectivity index (χ0) is 17.4. The van der Waals surface area contributed by atoms with E-state index in [-0.39, 0.29) is 5.41 Å². The maximum absolute atomic E-state index is 2.30. The first-order chi connectivity index (χ1) is 12.1. The van der Waals surface area contributed by atoms with Crippen molar-refractivity contribution in [2.24, 2.45) is 0 Å². The second kappa shape index (κ2) is 5.93. The lowest BCUT2D eigenvalue weighted by Gasteiger charge is -2.27. The van der Waals surface area contributed by atoms with Crippen LogP contribution in [0.5, 0.6) is 0 Å². The van der Waals surface area contributed by atoms with Crippen molar-refractivity contribution in [3.63, 3.8) is 0 Å². The highest BCUT2D eigenvalue weighted by Gasteiger charge is 2.24. The summed E-state index contributed by atoms with van der Waals surface area (Å²) < 4.78 is 2.19. The van der Waals surface area contributed by atoms with Crippen molar-refractivity contribution in [2.45, 2.75) is 26.2 Å². The molecule has 4 aromatic rings. The second-order valence-corrected chi connectivity index (χ2v) is 7.57. The van der Waals surface area contributed by atoms with Gasteiger partial charge < -0.3 is 4.40 Å². The molecular formula is C24H23N. The van der Waals surface area contributed by atoms with Crippen molar-refractivity contribution in [3.05, 3.63) is 90.8 Å². The van der Waals surface area contributed by atoms with E-state index in [1.165, 1.54) is 33.3 Å². The van der Waals surface area contributed by atoms with Crippen molar-refractivity contribution < 1.29 is 0 Å². The third-order valence-electron chi connectivity index (χ3n) is 4.76. The first-order valence-corrected chi connectivity index (χ1v) is 8.81. The Morgan fingerprint density at radius 2 is 1.32 bits per heavy atom. The number of aromatic nitrogens is 1. The molecule has 1 heteroatoms. The number of rotatable bonds is 2. The van der Waals surface area contributed by atoms with Crippen LogP contribution in [0.4, 0.5) is 0 Å². The van der Waals surface area contributed by atoms with E-state index >= 15 is 0 Å². The highest BCUT2D eigenvalue weighted by Crippen LogP contribution is 2.41. The molecule has 0 saturated carbocycles. The van der Waals surface area contributed by atoms with Crippen LogP contribution in [0.15, 0.2) is 85.2 Å². The number of pyridine rings is 1. The summed E-state index contributed by atoms with van der Waals surface area (Å²) in [4.78, 5) is 0. The molecule has 0 N–H and O–H groups in total. The molecule has 0 aliphatic carbocycles. The molecule has 2 heterocycles. The fourth-order valence-electron chi connectivity index (χ4n) is 3.73. The van der Waals surface area contributed by atoms with Gasteiger partial charge in [0.15, 0.2) is 0 Å². The quantitative estimate of drug-likeness (QED) is 0.392. The molecule has 0 bridgehead atoms. The van der Waals surface area contributed by atoms with Gasteiger partial charge in [0.25, 0.3) is 0 Å². The molecule has 124 valence electrons. The molecule has 4 rings (SSSR count). The average Bonchev–Trinajstić information content (AvgIpc) is 3.05. The Hall–Kier alpha value is -2.80. The SMILES string of the molecule is CC(C)(C)c1c(-c2ccccc2)cccc1-c1ccn2ccccc12. The van der Waals surface area contributed by atoms with Gasteiger partial charge in [0.2, 0.25) is 0 Å². The summed E-state index contributed by atoms with van der Waals surface area (Å²) in [5.41, 5.74) is 7.91. The van der Waals surface area contributed by atoms with Crippen molar-refractivity contribution in [3.8, 4) is 22.3 Å². The smallest absolute Gasteiger partial charge is 0.0528 e. The first kappa shape index (κ1) is 15.7. The Balaban J connectivity index is 2.04. The Kier molecular flexibility index (Phi) is 3.73. The van der Waals surface area contributed by atoms with E-state index in [2.05, 4.69) is 110 Å². The van der Waals surface area contributed by atoms with Gasteiger partial charge in [0.05, 0.1) is 5.52 Å². The molecule has 0 amide bonds. The second-order valence-electron chi connectivity index (χ2n) is 7.57. The van der Waals surface area contributed by atoms with E-state index in [9.17, 15) is 0 Å². The van der Waals surface area contributed by atoms with E-state index in [1.807, 2.05) is 0 Å². The topological polar surface area (TPSA) is 4.41 Å². The number of hydrogen-bond donors (Lipinski definition) is 0. The van der Waals surface area contributed by atoms with E-state index < -0.39 is 0 Å². The van der Waals surface area contributed by atoms with Gasteiger partial charge in [0, 0.05) is 18.0 Å². The normalized spacial score (nSPS) is 11.8. The average molecular weight is 325 g/mol. The van der Waals surface area contributed by atoms with Crippen molar-refractivity contribution >= 4 is 5.52 Å². The van der Waals surface area contributed by atoms with Crippen LogP contribution in [0, 0.1) is 0 Å². The lowest BCUT2D eigenvalue weighted by Crippen LogP contribution is -2.14. The zero-order valence-corrected chi connectivity index (χ0v) is 15.0. The number of nitrogens with zero attached hydrogens (tertiary/aromatic N) is 1. The largest absolute Gasteiger partial charge is 0.323 e. The maximum atomic E-state index is 2.30. The predicted molar refractivity (Wildman–Crippen MR) is 107 cm³/mol. The molecule has 0 fully saturated rings. The monoisotopic (exact) mass is 325 g/mol. The minimum absolute atomic E-state index is 0.0464. The third kappa shape index (κ3) is 2.76. The summed E-state index contributed by atoms with van der Waals surface area (Å²) >= 11 is 0. The van der Waals surface area contributed by atoms with Crippen LogP contribution in [0.2, 0.25) is 0 Å². The number of benzene rings is 2. The third-order valence-corrected chi connectivity index (χ3v) is 4.76. The van der Waals surface area contributed by atoms with Crippen LogP contribution in [0.3, 0.4) is 0 Å². The van der Waals surface area contributed by atoms with Crippen LogP contribution in [0.1, 0.15) is 26.3 Å². The summed E-state index contributed by atoms with van der Waals surface area (Å²) in [6, 6.07) is 26.0. The van der Waals surface area contributed by atoms with Crippen LogP contribution in [-0.2, 0) is 5.41 Å². The summed E-state index contributed by atoms with van der Waals surface area (Å²) in [6.45, 7) is 6.91. The molecule has 0 atom stereocenters. The molecule has 0 spiro atoms. The zero-order valence-electron chi connectivity index (χ0n) is 15.0. The Morgan fingerprint density at radius 1 is 0.600 bits per heavy atom. The Bertz CT molecular complexity index is 1020. The summed E-state index contributed by atoms with van der Waals surface area (Å²) in [5.74, 6) is 0. The van der Waals surface area contributed by atoms with Gasteiger partial charge in [-0.2, -0.15) is 0 Å². The molecule has 0 aliphatic rings. The molecule has 0 radical (unpaired) electrons. The van der Waals surface area contributed by atoms with Gasteiger partial charge >= 0.3 is 0 Å². The van der Waals surface area contributed by atoms with Crippen molar-refractivity contribution in [1.29, 1.82) is 0 Å². The van der Waals surface area contributed by atoms with Gasteiger partial charge in [0.1, 0.15) is 0 Å². The molecule has 25 heavy (non-hydrogen) atoms. The van der Waals surface area contributed by atoms with Crippen molar-refractivity contribution in [2.75, 3.05) is 0 Å². The summed E-state index contributed by atoms with van der Waals surface area (Å²) in [7, 11) is 0. The Labute approximate surface area is 149 Å². The van der Waals surface area contributed by atoms with E-state index in [0.29, 0.717) is 0 Å². The summed E-state index contributed by atoms with van der Waals surface area (Å²) in [6.07, 6.45) is 4.25. The van der Waals surface area contributed by atoms with Crippen LogP contribution in [-0.4, -0.2) is 4.40 Å². The van der Waals surface area contributed by atoms with Crippen LogP contribution < -0.4 is 0 Å². The highest BCUT2D eigenvalue weighted by molar-refractivity contribution is 5.87. The maximum Gasteiger partial charge on any atom is 0.0528 e. The highest BCUT2D eigenvalue weighted by atomic mass is 14.8. The van der Waals surface area contributed by atoms with Gasteiger partial charge in [-0.25, -0.2) is 0 Å². The molecular weight excluding hydrogens is 302 g/mol. The lowest BCUT2D eigenvalue weighted by atomic mass is 9.77. The Morgan fingerprint density at radius 3 is 2.08 bits per heavy atom. The molecule has 0 saturated heterocycles. The van der Waals surface area contributed by atoms with Gasteiger partial charge in [-0.1, -0.05) is 75.4 Å². The number of fused-ring (bicyclic) bond motifs is 1. The molecule has 0 aliphatic heterocycles. The lowest BCUT2D eigenvalue weighted by molar-refractivity contribution is 0.594. The number of hydrogen-bond acceptors (Lipinski definition) is 0. The van der Waals surface area contributed by atoms with E-state index in [1.54, 1.807) is 0 Å². The molecule has 0 unspecified atom stereocenters. The minimum Gasteiger partial charge on any atom is -0.323 e. The van der Waals surface area contributed by atoms with Gasteiger partial charge in [-0.05, 0) is 45.9 Å². The first-order valence-electron chi connectivity index (χ1n) is 8.81. The van der Waals surface area contributed by atoms with Gasteiger partial charge in [-0.3, -0.25) is 0 Å². The predicted octanol–water partition coefficient (Wildman–Crippen LogP) is 6.57. The minimum atomic E-state index is 0.0464. The van der Waals surface area contributed by atoms with Crippen molar-refractivity contribution in [1.82, 2.24) is 4.40 Å². The van der Waals surface area contributed by atoms with Gasteiger partial charge in [-0.15, -0.1) is 0 Å². The molecule has 2 aromatic heterocycles. The standard InChI is InChI=1S/C24H23N/c1-24(2,3)23-19(18-10-5-4-6-11-18)12-9-13-21(23)20-15-17-25-16-8-7-14-22(20)25/h4-17H,1-3H3. The van der Waals surface area contributed by atoms with Crippen LogP contribution in [0.25, 0.3) is 27.8 Å². The fraction of sp³-hybridized carbons (Fsp3) is 0.167. The molecule has 1 nitrogen and oxygen atoms in total. The molecule has 2 aromatic carbocycles.